The van der Waals surface area contributed by atoms with Crippen molar-refractivity contribution in [3.8, 4) is 0 Å². The Hall–Kier alpha value is -2.30. The van der Waals surface area contributed by atoms with Gasteiger partial charge in [0.15, 0.2) is 0 Å². The molecule has 0 bridgehead atoms. The number of amides is 1. The third-order valence-electron chi connectivity index (χ3n) is 5.07. The van der Waals surface area contributed by atoms with Crippen LogP contribution in [0, 0.1) is 11.7 Å². The fourth-order valence-corrected chi connectivity index (χ4v) is 3.65. The predicted octanol–water partition coefficient (Wildman–Crippen LogP) is 4.05. The van der Waals surface area contributed by atoms with Crippen molar-refractivity contribution in [2.24, 2.45) is 5.92 Å². The van der Waals surface area contributed by atoms with Crippen LogP contribution in [-0.4, -0.2) is 33.9 Å². The number of piperidine rings is 1. The summed E-state index contributed by atoms with van der Waals surface area (Å²) in [6.45, 7) is 3.66. The predicted molar refractivity (Wildman–Crippen MR) is 99.4 cm³/mol. The van der Waals surface area contributed by atoms with Crippen LogP contribution in [0.5, 0.6) is 0 Å². The van der Waals surface area contributed by atoms with Gasteiger partial charge in [0.1, 0.15) is 12.1 Å². The van der Waals surface area contributed by atoms with Crippen molar-refractivity contribution in [2.45, 2.75) is 45.4 Å². The maximum Gasteiger partial charge on any atom is 0.257 e. The lowest BCUT2D eigenvalue weighted by molar-refractivity contribution is 0.0666. The van der Waals surface area contributed by atoms with Gasteiger partial charge in [0.2, 0.25) is 0 Å². The van der Waals surface area contributed by atoms with Crippen LogP contribution >= 0.6 is 0 Å². The van der Waals surface area contributed by atoms with Crippen molar-refractivity contribution in [3.05, 3.63) is 59.4 Å². The number of aromatic nitrogens is 2. The smallest absolute Gasteiger partial charge is 0.257 e. The zero-order valence-corrected chi connectivity index (χ0v) is 15.3. The molecule has 0 spiro atoms. The van der Waals surface area contributed by atoms with Crippen molar-refractivity contribution >= 4 is 5.91 Å². The SMILES string of the molecule is CCCc1ncncc1C(=O)N1CCC[C@@H](CCc2ccc(F)cc2)C1. The van der Waals surface area contributed by atoms with Crippen molar-refractivity contribution in [2.75, 3.05) is 13.1 Å². The van der Waals surface area contributed by atoms with Gasteiger partial charge < -0.3 is 4.90 Å². The fraction of sp³-hybridized carbons (Fsp3) is 0.476. The molecule has 0 saturated carbocycles. The monoisotopic (exact) mass is 355 g/mol. The second kappa shape index (κ2) is 8.88. The molecule has 2 heterocycles. The Morgan fingerprint density at radius 1 is 1.27 bits per heavy atom. The number of carbonyl (C=O) groups excluding carboxylic acids is 1. The molecule has 1 amide bonds. The van der Waals surface area contributed by atoms with Gasteiger partial charge in [0.25, 0.3) is 5.91 Å². The first-order valence-corrected chi connectivity index (χ1v) is 9.50. The van der Waals surface area contributed by atoms with E-state index in [0.29, 0.717) is 11.5 Å². The first-order valence-electron chi connectivity index (χ1n) is 9.50. The Kier molecular flexibility index (Phi) is 6.31. The van der Waals surface area contributed by atoms with Crippen LogP contribution in [-0.2, 0) is 12.8 Å². The zero-order chi connectivity index (χ0) is 18.4. The summed E-state index contributed by atoms with van der Waals surface area (Å²) in [6, 6.07) is 6.71. The van der Waals surface area contributed by atoms with Crippen LogP contribution in [0.2, 0.25) is 0 Å². The summed E-state index contributed by atoms with van der Waals surface area (Å²) in [5, 5.41) is 0. The summed E-state index contributed by atoms with van der Waals surface area (Å²) < 4.78 is 13.0. The molecule has 5 heteroatoms. The summed E-state index contributed by atoms with van der Waals surface area (Å²) in [4.78, 5) is 23.3. The summed E-state index contributed by atoms with van der Waals surface area (Å²) in [6.07, 6.45) is 9.02. The Labute approximate surface area is 154 Å². The number of hydrogen-bond donors (Lipinski definition) is 0. The molecule has 4 nitrogen and oxygen atoms in total. The van der Waals surface area contributed by atoms with E-state index in [9.17, 15) is 9.18 Å². The number of likely N-dealkylation sites (tertiary alicyclic amines) is 1. The molecular weight excluding hydrogens is 329 g/mol. The second-order valence-corrected chi connectivity index (χ2v) is 7.06. The van der Waals surface area contributed by atoms with Gasteiger partial charge in [0.05, 0.1) is 11.3 Å². The quantitative estimate of drug-likeness (QED) is 0.785. The average molecular weight is 355 g/mol. The molecule has 0 aliphatic carbocycles. The van der Waals surface area contributed by atoms with E-state index in [0.717, 1.165) is 62.9 Å². The molecule has 0 unspecified atom stereocenters. The second-order valence-electron chi connectivity index (χ2n) is 7.06. The lowest BCUT2D eigenvalue weighted by Gasteiger charge is -2.33. The largest absolute Gasteiger partial charge is 0.338 e. The molecule has 1 saturated heterocycles. The molecule has 2 aromatic rings. The topological polar surface area (TPSA) is 46.1 Å². The van der Waals surface area contributed by atoms with Crippen LogP contribution in [0.1, 0.15) is 54.2 Å². The van der Waals surface area contributed by atoms with E-state index in [-0.39, 0.29) is 11.7 Å². The van der Waals surface area contributed by atoms with Crippen LogP contribution in [0.15, 0.2) is 36.8 Å². The highest BCUT2D eigenvalue weighted by molar-refractivity contribution is 5.95. The average Bonchev–Trinajstić information content (AvgIpc) is 2.68. The van der Waals surface area contributed by atoms with Gasteiger partial charge in [-0.25, -0.2) is 14.4 Å². The lowest BCUT2D eigenvalue weighted by atomic mass is 9.91. The number of benzene rings is 1. The molecule has 1 aliphatic heterocycles. The molecule has 0 N–H and O–H groups in total. The third-order valence-corrected chi connectivity index (χ3v) is 5.07. The molecule has 1 atom stereocenters. The maximum absolute atomic E-state index is 13.0. The minimum Gasteiger partial charge on any atom is -0.338 e. The standard InChI is InChI=1S/C21H26FN3O/c1-2-4-20-19(13-23-15-24-20)21(26)25-12-3-5-17(14-25)7-6-16-8-10-18(22)11-9-16/h8-11,13,15,17H,2-7,12,14H2,1H3/t17-/m0/s1. The van der Waals surface area contributed by atoms with E-state index < -0.39 is 0 Å². The summed E-state index contributed by atoms with van der Waals surface area (Å²) in [5.74, 6) is 0.341. The Balaban J connectivity index is 1.61. The van der Waals surface area contributed by atoms with Gasteiger partial charge >= 0.3 is 0 Å². The van der Waals surface area contributed by atoms with Gasteiger partial charge in [-0.2, -0.15) is 0 Å². The van der Waals surface area contributed by atoms with Crippen molar-refractivity contribution < 1.29 is 9.18 Å². The van der Waals surface area contributed by atoms with E-state index >= 15 is 0 Å². The van der Waals surface area contributed by atoms with Crippen LogP contribution in [0.25, 0.3) is 0 Å². The lowest BCUT2D eigenvalue weighted by Crippen LogP contribution is -2.40. The summed E-state index contributed by atoms with van der Waals surface area (Å²) >= 11 is 0. The van der Waals surface area contributed by atoms with Crippen molar-refractivity contribution in [1.29, 1.82) is 0 Å². The maximum atomic E-state index is 13.0. The zero-order valence-electron chi connectivity index (χ0n) is 15.3. The highest BCUT2D eigenvalue weighted by atomic mass is 19.1. The molecule has 26 heavy (non-hydrogen) atoms. The highest BCUT2D eigenvalue weighted by Gasteiger charge is 2.26. The van der Waals surface area contributed by atoms with Gasteiger partial charge in [0, 0.05) is 19.3 Å². The van der Waals surface area contributed by atoms with Crippen LogP contribution in [0.4, 0.5) is 4.39 Å². The van der Waals surface area contributed by atoms with Gasteiger partial charge in [-0.3, -0.25) is 4.79 Å². The van der Waals surface area contributed by atoms with E-state index in [1.54, 1.807) is 6.20 Å². The number of carbonyl (C=O) groups is 1. The Morgan fingerprint density at radius 3 is 2.85 bits per heavy atom. The number of hydrogen-bond acceptors (Lipinski definition) is 3. The minimum atomic E-state index is -0.198. The number of rotatable bonds is 6. The molecule has 1 aliphatic rings. The molecule has 1 fully saturated rings. The van der Waals surface area contributed by atoms with Gasteiger partial charge in [-0.15, -0.1) is 0 Å². The van der Waals surface area contributed by atoms with Gasteiger partial charge in [-0.1, -0.05) is 25.5 Å². The van der Waals surface area contributed by atoms with Crippen molar-refractivity contribution in [1.82, 2.24) is 14.9 Å². The Morgan fingerprint density at radius 2 is 2.08 bits per heavy atom. The van der Waals surface area contributed by atoms with Gasteiger partial charge in [-0.05, 0) is 55.7 Å². The van der Waals surface area contributed by atoms with Crippen molar-refractivity contribution in [3.63, 3.8) is 0 Å². The molecule has 138 valence electrons. The molecule has 1 aromatic carbocycles. The molecule has 3 rings (SSSR count). The minimum absolute atomic E-state index is 0.0560. The van der Waals surface area contributed by atoms with E-state index in [4.69, 9.17) is 0 Å². The summed E-state index contributed by atoms with van der Waals surface area (Å²) in [5.41, 5.74) is 2.64. The normalized spacial score (nSPS) is 17.3. The molecule has 1 aromatic heterocycles. The summed E-state index contributed by atoms with van der Waals surface area (Å²) in [7, 11) is 0. The first-order chi connectivity index (χ1) is 12.7. The van der Waals surface area contributed by atoms with E-state index in [1.165, 1.54) is 18.5 Å². The molecular formula is C21H26FN3O. The number of halogens is 1. The van der Waals surface area contributed by atoms with Crippen LogP contribution < -0.4 is 0 Å². The van der Waals surface area contributed by atoms with Crippen LogP contribution in [0.3, 0.4) is 0 Å². The number of aryl methyl sites for hydroxylation is 2. The fourth-order valence-electron chi connectivity index (χ4n) is 3.65. The van der Waals surface area contributed by atoms with E-state index in [1.807, 2.05) is 17.0 Å². The highest BCUT2D eigenvalue weighted by Crippen LogP contribution is 2.23. The van der Waals surface area contributed by atoms with E-state index in [2.05, 4.69) is 16.9 Å². The number of nitrogens with zero attached hydrogens (tertiary/aromatic N) is 3. The first kappa shape index (κ1) is 18.5. The third kappa shape index (κ3) is 4.65. The Bertz CT molecular complexity index is 732. The molecule has 0 radical (unpaired) electrons.